The Balaban J connectivity index is 0.000000343. The minimum Gasteiger partial charge on any atom is -0.490 e. The van der Waals surface area contributed by atoms with Gasteiger partial charge in [0.15, 0.2) is 34.6 Å². The first kappa shape index (κ1) is 40.3. The molecule has 0 spiro atoms. The second-order valence-corrected chi connectivity index (χ2v) is 10.2. The number of ether oxygens (including phenoxy) is 4. The maximum atomic E-state index is 14.2. The smallest absolute Gasteiger partial charge is 0.394 e. The van der Waals surface area contributed by atoms with Gasteiger partial charge in [0, 0.05) is 0 Å². The molecule has 13 nitrogen and oxygen atoms in total. The molecule has 0 aliphatic carbocycles. The molecule has 0 radical (unpaired) electrons. The number of benzene rings is 2. The summed E-state index contributed by atoms with van der Waals surface area (Å²) in [6.45, 7) is 19.8. The number of nitrogens with zero attached hydrogens (tertiary/aromatic N) is 3. The lowest BCUT2D eigenvalue weighted by atomic mass is 10.1. The molecule has 0 bridgehead atoms. The highest BCUT2D eigenvalue weighted by atomic mass is 32.3. The fourth-order valence-electron chi connectivity index (χ4n) is 4.37. The first-order chi connectivity index (χ1) is 21.7. The molecule has 2 aliphatic heterocycles. The molecule has 2 aromatic rings. The lowest BCUT2D eigenvalue weighted by molar-refractivity contribution is 0.275. The molecule has 0 atom stereocenters. The number of rotatable bonds is 11. The van der Waals surface area contributed by atoms with E-state index >= 15 is 0 Å². The molecule has 4 rings (SSSR count). The van der Waals surface area contributed by atoms with Gasteiger partial charge in [-0.15, -0.1) is 0 Å². The van der Waals surface area contributed by atoms with Crippen LogP contribution in [0.2, 0.25) is 0 Å². The second kappa shape index (κ2) is 19.7. The standard InChI is InChI=1S/2C12H15FN2O2.C6H15N.H2O4S/c2*1-3-16-8-5-7-6-15-12(14)9(7)10(13)11(8)17-4-2;1-4-7(5-2)6-3;1-5(2,3)4/h2*5H,3-4,6H2,1-2H3,(H2,14,15);4-6H2,1-3H3;(H2,1,2,3,4). The van der Waals surface area contributed by atoms with E-state index in [0.29, 0.717) is 62.1 Å². The molecule has 0 aromatic heterocycles. The minimum atomic E-state index is -4.67. The second-order valence-electron chi connectivity index (χ2n) is 9.31. The topological polar surface area (TPSA) is 192 Å². The van der Waals surface area contributed by atoms with Crippen LogP contribution in [0.5, 0.6) is 23.0 Å². The molecule has 2 aromatic carbocycles. The molecule has 0 saturated heterocycles. The van der Waals surface area contributed by atoms with E-state index in [0.717, 1.165) is 11.1 Å². The maximum absolute atomic E-state index is 14.2. The van der Waals surface area contributed by atoms with Gasteiger partial charge in [0.1, 0.15) is 11.7 Å². The van der Waals surface area contributed by atoms with Gasteiger partial charge in [0.2, 0.25) is 0 Å². The SMILES string of the molecule is CCN(CC)CC.CCOc1cc2c(c(F)c1OCC)C(N)=NC2.CCOc1cc2c(c(F)c1OCC)C(N)=NC2.O=S(=O)(O)O. The normalized spacial score (nSPS) is 12.6. The Kier molecular flexibility index (Phi) is 17.3. The van der Waals surface area contributed by atoms with E-state index in [2.05, 4.69) is 35.7 Å². The van der Waals surface area contributed by atoms with Crippen molar-refractivity contribution in [2.45, 2.75) is 61.6 Å². The third-order valence-electron chi connectivity index (χ3n) is 6.41. The summed E-state index contributed by atoms with van der Waals surface area (Å²) in [6.07, 6.45) is 0. The Hall–Kier alpha value is -3.73. The number of amidine groups is 2. The van der Waals surface area contributed by atoms with Crippen molar-refractivity contribution in [1.82, 2.24) is 4.90 Å². The van der Waals surface area contributed by atoms with Crippen molar-refractivity contribution in [3.63, 3.8) is 0 Å². The molecule has 0 saturated carbocycles. The zero-order valence-electron chi connectivity index (χ0n) is 27.5. The summed E-state index contributed by atoms with van der Waals surface area (Å²) in [5.74, 6) is 0.549. The van der Waals surface area contributed by atoms with Crippen molar-refractivity contribution in [2.24, 2.45) is 21.5 Å². The number of nitrogens with two attached hydrogens (primary N) is 2. The molecule has 16 heteroatoms. The summed E-state index contributed by atoms with van der Waals surface area (Å²) in [5, 5.41) is 0. The Morgan fingerprint density at radius 1 is 0.696 bits per heavy atom. The van der Waals surface area contributed by atoms with Crippen LogP contribution >= 0.6 is 0 Å². The summed E-state index contributed by atoms with van der Waals surface area (Å²) in [7, 11) is -4.67. The van der Waals surface area contributed by atoms with Gasteiger partial charge in [-0.3, -0.25) is 19.1 Å². The zero-order chi connectivity index (χ0) is 35.0. The van der Waals surface area contributed by atoms with Crippen molar-refractivity contribution in [3.8, 4) is 23.0 Å². The Labute approximate surface area is 270 Å². The number of aliphatic imine (C=N–C) groups is 2. The molecule has 260 valence electrons. The van der Waals surface area contributed by atoms with E-state index in [1.165, 1.54) is 19.6 Å². The van der Waals surface area contributed by atoms with Gasteiger partial charge in [-0.05, 0) is 70.6 Å². The molecule has 2 aliphatic rings. The predicted octanol–water partition coefficient (Wildman–Crippen LogP) is 4.38. The van der Waals surface area contributed by atoms with Crippen LogP contribution in [-0.4, -0.2) is 80.2 Å². The number of fused-ring (bicyclic) bond motifs is 2. The van der Waals surface area contributed by atoms with Crippen molar-refractivity contribution in [3.05, 3.63) is 46.0 Å². The van der Waals surface area contributed by atoms with E-state index in [4.69, 9.17) is 47.9 Å². The molecule has 0 amide bonds. The highest BCUT2D eigenvalue weighted by Gasteiger charge is 2.26. The van der Waals surface area contributed by atoms with E-state index in [1.807, 2.05) is 13.8 Å². The maximum Gasteiger partial charge on any atom is 0.394 e. The average molecular weight is 676 g/mol. The zero-order valence-corrected chi connectivity index (χ0v) is 28.3. The van der Waals surface area contributed by atoms with Crippen LogP contribution in [0.1, 0.15) is 70.7 Å². The quantitative estimate of drug-likeness (QED) is 0.247. The van der Waals surface area contributed by atoms with Crippen LogP contribution in [0.3, 0.4) is 0 Å². The number of halogens is 2. The van der Waals surface area contributed by atoms with E-state index < -0.39 is 22.0 Å². The molecular formula is C30H47F2N5O8S. The highest BCUT2D eigenvalue weighted by molar-refractivity contribution is 7.79. The fourth-order valence-corrected chi connectivity index (χ4v) is 4.37. The monoisotopic (exact) mass is 675 g/mol. The summed E-state index contributed by atoms with van der Waals surface area (Å²) in [6, 6.07) is 3.49. The van der Waals surface area contributed by atoms with E-state index in [1.54, 1.807) is 26.0 Å². The molecule has 0 fully saturated rings. The third-order valence-corrected chi connectivity index (χ3v) is 6.41. The summed E-state index contributed by atoms with van der Waals surface area (Å²) >= 11 is 0. The average Bonchev–Trinajstić information content (AvgIpc) is 3.55. The van der Waals surface area contributed by atoms with E-state index in [9.17, 15) is 8.78 Å². The number of hydrogen-bond acceptors (Lipinski definition) is 11. The van der Waals surface area contributed by atoms with Crippen molar-refractivity contribution in [1.29, 1.82) is 0 Å². The van der Waals surface area contributed by atoms with E-state index in [-0.39, 0.29) is 23.2 Å². The highest BCUT2D eigenvalue weighted by Crippen LogP contribution is 2.38. The molecular weight excluding hydrogens is 628 g/mol. The van der Waals surface area contributed by atoms with Crippen LogP contribution in [0.4, 0.5) is 8.78 Å². The number of hydrogen-bond donors (Lipinski definition) is 4. The molecule has 0 unspecified atom stereocenters. The summed E-state index contributed by atoms with van der Waals surface area (Å²) in [4.78, 5) is 10.4. The van der Waals surface area contributed by atoms with Crippen LogP contribution in [-0.2, 0) is 23.5 Å². The van der Waals surface area contributed by atoms with Gasteiger partial charge in [0.25, 0.3) is 0 Å². The van der Waals surface area contributed by atoms with Gasteiger partial charge in [-0.1, -0.05) is 20.8 Å². The largest absolute Gasteiger partial charge is 0.490 e. The summed E-state index contributed by atoms with van der Waals surface area (Å²) < 4.78 is 81.4. The van der Waals surface area contributed by atoms with Gasteiger partial charge in [0.05, 0.1) is 50.6 Å². The van der Waals surface area contributed by atoms with Gasteiger partial charge in [-0.25, -0.2) is 8.78 Å². The molecule has 6 N–H and O–H groups in total. The van der Waals surface area contributed by atoms with Crippen molar-refractivity contribution in [2.75, 3.05) is 46.1 Å². The van der Waals surface area contributed by atoms with Crippen LogP contribution in [0.15, 0.2) is 22.1 Å². The van der Waals surface area contributed by atoms with Crippen LogP contribution < -0.4 is 30.4 Å². The van der Waals surface area contributed by atoms with Crippen molar-refractivity contribution < 1.29 is 45.3 Å². The van der Waals surface area contributed by atoms with Gasteiger partial charge in [-0.2, -0.15) is 8.42 Å². The Morgan fingerprint density at radius 3 is 1.24 bits per heavy atom. The third kappa shape index (κ3) is 11.9. The lowest BCUT2D eigenvalue weighted by Gasteiger charge is -2.14. The van der Waals surface area contributed by atoms with Crippen LogP contribution in [0.25, 0.3) is 0 Å². The minimum absolute atomic E-state index is 0.119. The first-order valence-electron chi connectivity index (χ1n) is 15.0. The predicted molar refractivity (Wildman–Crippen MR) is 174 cm³/mol. The summed E-state index contributed by atoms with van der Waals surface area (Å²) in [5.41, 5.74) is 13.5. The van der Waals surface area contributed by atoms with Gasteiger partial charge < -0.3 is 35.3 Å². The lowest BCUT2D eigenvalue weighted by Crippen LogP contribution is -2.21. The Bertz CT molecular complexity index is 1350. The van der Waals surface area contributed by atoms with Crippen LogP contribution in [0, 0.1) is 11.6 Å². The first-order valence-corrected chi connectivity index (χ1v) is 16.4. The fraction of sp³-hybridized carbons (Fsp3) is 0.533. The van der Waals surface area contributed by atoms with Gasteiger partial charge >= 0.3 is 10.4 Å². The Morgan fingerprint density at radius 2 is 1.00 bits per heavy atom. The van der Waals surface area contributed by atoms with Crippen molar-refractivity contribution >= 4 is 22.1 Å². The molecule has 46 heavy (non-hydrogen) atoms. The molecule has 2 heterocycles.